The van der Waals surface area contributed by atoms with Gasteiger partial charge >= 0.3 is 10.2 Å². The number of hydrogen-bond donors (Lipinski definition) is 3. The first-order valence-electron chi connectivity index (χ1n) is 9.14. The Morgan fingerprint density at radius 3 is 2.47 bits per heavy atom. The van der Waals surface area contributed by atoms with Gasteiger partial charge in [-0.15, -0.1) is 0 Å². The highest BCUT2D eigenvalue weighted by molar-refractivity contribution is 7.94. The highest BCUT2D eigenvalue weighted by atomic mass is 35.5. The molecule has 32 heavy (non-hydrogen) atoms. The van der Waals surface area contributed by atoms with Gasteiger partial charge in [-0.25, -0.2) is 4.39 Å². The van der Waals surface area contributed by atoms with Crippen molar-refractivity contribution in [2.45, 2.75) is 0 Å². The van der Waals surface area contributed by atoms with Gasteiger partial charge in [-0.2, -0.15) is 18.6 Å². The third kappa shape index (κ3) is 4.50. The number of carbonyl (C=O) groups is 1. The number of carbonyl (C=O) groups excluding carboxylic acids is 1. The first-order valence-corrected chi connectivity index (χ1v) is 11.0. The van der Waals surface area contributed by atoms with Crippen LogP contribution in [0.4, 0.5) is 21.5 Å². The molecule has 0 bridgehead atoms. The maximum atomic E-state index is 13.3. The van der Waals surface area contributed by atoms with Gasteiger partial charge in [0.2, 0.25) is 0 Å². The molecule has 4 rings (SSSR count). The van der Waals surface area contributed by atoms with Crippen LogP contribution < -0.4 is 14.8 Å². The second kappa shape index (κ2) is 8.13. The number of aryl methyl sites for hydroxylation is 2. The molecule has 1 amide bonds. The van der Waals surface area contributed by atoms with Crippen LogP contribution in [0.3, 0.4) is 0 Å². The lowest BCUT2D eigenvalue weighted by Crippen LogP contribution is -2.21. The molecule has 0 aliphatic carbocycles. The fourth-order valence-electron chi connectivity index (χ4n) is 3.11. The van der Waals surface area contributed by atoms with E-state index >= 15 is 0 Å². The molecule has 0 radical (unpaired) electrons. The van der Waals surface area contributed by atoms with E-state index in [1.807, 2.05) is 0 Å². The predicted molar refractivity (Wildman–Crippen MR) is 119 cm³/mol. The fraction of sp³-hybridized carbons (Fsp3) is 0.105. The van der Waals surface area contributed by atoms with E-state index in [4.69, 9.17) is 11.6 Å². The molecule has 0 aliphatic rings. The van der Waals surface area contributed by atoms with Crippen LogP contribution in [0, 0.1) is 5.82 Å². The Morgan fingerprint density at radius 2 is 1.78 bits per heavy atom. The Labute approximate surface area is 187 Å². The van der Waals surface area contributed by atoms with Gasteiger partial charge in [0, 0.05) is 31.4 Å². The van der Waals surface area contributed by atoms with E-state index in [2.05, 4.69) is 25.0 Å². The summed E-state index contributed by atoms with van der Waals surface area (Å²) in [6, 6.07) is 8.44. The minimum atomic E-state index is -3.92. The van der Waals surface area contributed by atoms with Gasteiger partial charge in [0.1, 0.15) is 11.5 Å². The number of benzene rings is 2. The summed E-state index contributed by atoms with van der Waals surface area (Å²) in [5, 5.41) is 11.2. The third-order valence-electron chi connectivity index (χ3n) is 4.44. The van der Waals surface area contributed by atoms with Crippen molar-refractivity contribution in [1.29, 1.82) is 0 Å². The number of nitrogens with zero attached hydrogens (tertiary/aromatic N) is 4. The molecular weight excluding hydrogens is 461 g/mol. The average Bonchev–Trinajstić information content (AvgIpc) is 3.25. The summed E-state index contributed by atoms with van der Waals surface area (Å²) >= 11 is 5.76. The van der Waals surface area contributed by atoms with Gasteiger partial charge in [-0.1, -0.05) is 11.6 Å². The maximum absolute atomic E-state index is 13.3. The minimum Gasteiger partial charge on any atom is -0.321 e. The van der Waals surface area contributed by atoms with E-state index in [-0.39, 0.29) is 16.4 Å². The topological polar surface area (TPSA) is 123 Å². The zero-order chi connectivity index (χ0) is 23.0. The lowest BCUT2D eigenvalue weighted by Gasteiger charge is -2.09. The van der Waals surface area contributed by atoms with Crippen LogP contribution in [0.5, 0.6) is 0 Å². The molecule has 2 aromatic heterocycles. The number of aromatic nitrogens is 4. The van der Waals surface area contributed by atoms with E-state index in [1.165, 1.54) is 46.0 Å². The number of hydrogen-bond acceptors (Lipinski definition) is 5. The number of nitrogens with one attached hydrogen (secondary N) is 3. The molecule has 0 unspecified atom stereocenters. The van der Waals surface area contributed by atoms with Crippen LogP contribution in [-0.4, -0.2) is 33.9 Å². The molecule has 0 spiro atoms. The molecule has 0 saturated carbocycles. The quantitative estimate of drug-likeness (QED) is 0.393. The maximum Gasteiger partial charge on any atom is 0.321 e. The van der Waals surface area contributed by atoms with Crippen molar-refractivity contribution in [2.75, 3.05) is 14.8 Å². The van der Waals surface area contributed by atoms with Crippen molar-refractivity contribution in [3.63, 3.8) is 0 Å². The van der Waals surface area contributed by atoms with Gasteiger partial charge in [0.15, 0.2) is 0 Å². The number of fused-ring (bicyclic) bond motifs is 1. The molecule has 0 atom stereocenters. The van der Waals surface area contributed by atoms with E-state index in [0.29, 0.717) is 22.3 Å². The van der Waals surface area contributed by atoms with E-state index in [0.717, 1.165) is 6.07 Å². The largest absolute Gasteiger partial charge is 0.321 e. The van der Waals surface area contributed by atoms with Crippen molar-refractivity contribution >= 4 is 55.7 Å². The molecule has 2 aromatic carbocycles. The normalized spacial score (nSPS) is 11.5. The Bertz CT molecular complexity index is 1450. The van der Waals surface area contributed by atoms with Gasteiger partial charge < -0.3 is 5.32 Å². The molecule has 2 heterocycles. The Hall–Kier alpha value is -3.64. The standard InChI is InChI=1S/C19H17ClFN7O3S/c1-27-10-13(9-22-27)26-32(30,31)25-12-3-5-14-17(8-12)24-28(2)18(14)19(29)23-11-4-6-16(21)15(20)7-11/h3-10,25-26H,1-2H3,(H,23,29). The second-order valence-corrected chi connectivity index (χ2v) is 8.72. The number of halogens is 2. The summed E-state index contributed by atoms with van der Waals surface area (Å²) in [5.41, 5.74) is 1.52. The molecule has 3 N–H and O–H groups in total. The second-order valence-electron chi connectivity index (χ2n) is 6.90. The average molecular weight is 478 g/mol. The monoisotopic (exact) mass is 477 g/mol. The van der Waals surface area contributed by atoms with E-state index in [1.54, 1.807) is 20.2 Å². The van der Waals surface area contributed by atoms with Crippen LogP contribution >= 0.6 is 11.6 Å². The number of amides is 1. The number of anilines is 3. The Morgan fingerprint density at radius 1 is 1.06 bits per heavy atom. The molecule has 13 heteroatoms. The van der Waals surface area contributed by atoms with Crippen molar-refractivity contribution in [3.8, 4) is 0 Å². The molecule has 166 valence electrons. The first-order chi connectivity index (χ1) is 15.1. The molecule has 4 aromatic rings. The highest BCUT2D eigenvalue weighted by Gasteiger charge is 2.19. The van der Waals surface area contributed by atoms with E-state index in [9.17, 15) is 17.6 Å². The zero-order valence-corrected chi connectivity index (χ0v) is 18.4. The highest BCUT2D eigenvalue weighted by Crippen LogP contribution is 2.25. The van der Waals surface area contributed by atoms with E-state index < -0.39 is 21.9 Å². The SMILES string of the molecule is Cn1cc(NS(=O)(=O)Nc2ccc3c(C(=O)Nc4ccc(F)c(Cl)c4)n(C)nc3c2)cn1. The summed E-state index contributed by atoms with van der Waals surface area (Å²) in [6.07, 6.45) is 2.89. The minimum absolute atomic E-state index is 0.116. The van der Waals surface area contributed by atoms with Crippen molar-refractivity contribution in [2.24, 2.45) is 14.1 Å². The van der Waals surface area contributed by atoms with Gasteiger partial charge in [-0.3, -0.25) is 23.6 Å². The summed E-state index contributed by atoms with van der Waals surface area (Å²) in [6.45, 7) is 0. The smallest absolute Gasteiger partial charge is 0.321 e. The third-order valence-corrected chi connectivity index (χ3v) is 5.73. The molecular formula is C19H17ClFN7O3S. The molecule has 0 aliphatic heterocycles. The summed E-state index contributed by atoms with van der Waals surface area (Å²) in [7, 11) is -0.672. The van der Waals surface area contributed by atoms with Crippen LogP contribution in [-0.2, 0) is 24.3 Å². The number of rotatable bonds is 6. The van der Waals surface area contributed by atoms with Crippen LogP contribution in [0.25, 0.3) is 10.9 Å². The molecule has 0 fully saturated rings. The molecule has 10 nitrogen and oxygen atoms in total. The first kappa shape index (κ1) is 21.6. The van der Waals surface area contributed by atoms with Crippen LogP contribution in [0.2, 0.25) is 5.02 Å². The zero-order valence-electron chi connectivity index (χ0n) is 16.8. The van der Waals surface area contributed by atoms with Crippen molar-refractivity contribution in [3.05, 3.63) is 65.3 Å². The summed E-state index contributed by atoms with van der Waals surface area (Å²) < 4.78 is 45.7. The molecule has 0 saturated heterocycles. The summed E-state index contributed by atoms with van der Waals surface area (Å²) in [4.78, 5) is 12.8. The van der Waals surface area contributed by atoms with Crippen molar-refractivity contribution in [1.82, 2.24) is 19.6 Å². The van der Waals surface area contributed by atoms with Gasteiger partial charge in [0.25, 0.3) is 5.91 Å². The van der Waals surface area contributed by atoms with Gasteiger partial charge in [0.05, 0.1) is 28.1 Å². The fourth-order valence-corrected chi connectivity index (χ4v) is 4.19. The predicted octanol–water partition coefficient (Wildman–Crippen LogP) is 3.12. The Balaban J connectivity index is 1.57. The Kier molecular flexibility index (Phi) is 5.48. The van der Waals surface area contributed by atoms with Crippen LogP contribution in [0.1, 0.15) is 10.5 Å². The van der Waals surface area contributed by atoms with Crippen molar-refractivity contribution < 1.29 is 17.6 Å². The summed E-state index contributed by atoms with van der Waals surface area (Å²) in [5.74, 6) is -1.08. The lowest BCUT2D eigenvalue weighted by molar-refractivity contribution is 0.101. The van der Waals surface area contributed by atoms with Gasteiger partial charge in [-0.05, 0) is 36.4 Å². The van der Waals surface area contributed by atoms with Crippen LogP contribution in [0.15, 0.2) is 48.8 Å². The lowest BCUT2D eigenvalue weighted by atomic mass is 10.2.